The van der Waals surface area contributed by atoms with E-state index in [-0.39, 0.29) is 23.4 Å². The number of rotatable bonds is 8. The monoisotopic (exact) mass is 531 g/mol. The molecule has 0 fully saturated rings. The van der Waals surface area contributed by atoms with Gasteiger partial charge in [0.2, 0.25) is 0 Å². The Kier molecular flexibility index (Phi) is 7.19. The lowest BCUT2D eigenvalue weighted by Crippen LogP contribution is -2.09. The molecule has 3 aromatic heterocycles. The highest BCUT2D eigenvalue weighted by Crippen LogP contribution is 2.37. The van der Waals surface area contributed by atoms with Gasteiger partial charge in [-0.05, 0) is 43.7 Å². The van der Waals surface area contributed by atoms with Crippen LogP contribution in [0.25, 0.3) is 16.9 Å². The van der Waals surface area contributed by atoms with Crippen molar-refractivity contribution < 1.29 is 17.4 Å². The van der Waals surface area contributed by atoms with Crippen molar-refractivity contribution in [1.82, 2.24) is 24.1 Å². The van der Waals surface area contributed by atoms with Gasteiger partial charge in [-0.3, -0.25) is 9.08 Å². The minimum absolute atomic E-state index is 0.147. The smallest absolute Gasteiger partial charge is 0.337 e. The Bertz CT molecular complexity index is 1610. The summed E-state index contributed by atoms with van der Waals surface area (Å²) in [7, 11) is -2.59. The minimum atomic E-state index is -4.72. The largest absolute Gasteiger partial charge is 0.435 e. The van der Waals surface area contributed by atoms with Crippen LogP contribution < -0.4 is 11.1 Å². The van der Waals surface area contributed by atoms with Gasteiger partial charge in [-0.25, -0.2) is 18.5 Å². The Morgan fingerprint density at radius 2 is 2.08 bits per heavy atom. The highest BCUT2D eigenvalue weighted by atomic mass is 32.2. The molecule has 4 aromatic rings. The third kappa shape index (κ3) is 5.42. The molecular formula is C23H24F3N9OS. The second-order valence-electron chi connectivity index (χ2n) is 8.26. The SMILES string of the molecule is Cc1cc(Nc2nccn3c(-c4cn(CC#N)nc4C(F)(F)F)cnc23)ccc1S(C)(=O)=NCCCN. The Hall–Kier alpha value is -3.96. The first-order chi connectivity index (χ1) is 17.5. The molecule has 14 heteroatoms. The second kappa shape index (κ2) is 10.2. The second-order valence-corrected chi connectivity index (χ2v) is 10.6. The molecule has 10 nitrogen and oxygen atoms in total. The molecule has 0 aliphatic rings. The quantitative estimate of drug-likeness (QED) is 0.328. The predicted octanol–water partition coefficient (Wildman–Crippen LogP) is 3.99. The average Bonchev–Trinajstić information content (AvgIpc) is 3.44. The normalized spacial score (nSPS) is 13.3. The van der Waals surface area contributed by atoms with Crippen molar-refractivity contribution in [2.45, 2.75) is 31.0 Å². The van der Waals surface area contributed by atoms with E-state index in [4.69, 9.17) is 11.0 Å². The van der Waals surface area contributed by atoms with Crippen molar-refractivity contribution in [2.24, 2.45) is 10.1 Å². The van der Waals surface area contributed by atoms with Gasteiger partial charge < -0.3 is 11.1 Å². The molecule has 1 aromatic carbocycles. The van der Waals surface area contributed by atoms with Gasteiger partial charge in [0.05, 0.1) is 38.1 Å². The van der Waals surface area contributed by atoms with Gasteiger partial charge >= 0.3 is 6.18 Å². The number of hydrogen-bond acceptors (Lipinski definition) is 8. The third-order valence-electron chi connectivity index (χ3n) is 5.51. The lowest BCUT2D eigenvalue weighted by Gasteiger charge is -2.12. The van der Waals surface area contributed by atoms with Gasteiger partial charge in [0.25, 0.3) is 0 Å². The number of nitrogens with zero attached hydrogens (tertiary/aromatic N) is 7. The number of halogens is 3. The van der Waals surface area contributed by atoms with Crippen LogP contribution in [0.1, 0.15) is 17.7 Å². The molecule has 0 aliphatic heterocycles. The maximum Gasteiger partial charge on any atom is 0.435 e. The fraction of sp³-hybridized carbons (Fsp3) is 0.304. The summed E-state index contributed by atoms with van der Waals surface area (Å²) in [5.41, 5.74) is 6.00. The van der Waals surface area contributed by atoms with Crippen LogP contribution in [0.5, 0.6) is 0 Å². The predicted molar refractivity (Wildman–Crippen MR) is 133 cm³/mol. The summed E-state index contributed by atoms with van der Waals surface area (Å²) in [4.78, 5) is 9.20. The number of anilines is 2. The summed E-state index contributed by atoms with van der Waals surface area (Å²) >= 11 is 0. The number of fused-ring (bicyclic) bond motifs is 1. The van der Waals surface area contributed by atoms with Crippen molar-refractivity contribution >= 4 is 26.9 Å². The van der Waals surface area contributed by atoms with E-state index < -0.39 is 21.6 Å². The zero-order valence-corrected chi connectivity index (χ0v) is 20.8. The first-order valence-corrected chi connectivity index (χ1v) is 13.1. The van der Waals surface area contributed by atoms with Gasteiger partial charge in [-0.15, -0.1) is 0 Å². The Morgan fingerprint density at radius 3 is 2.76 bits per heavy atom. The molecule has 37 heavy (non-hydrogen) atoms. The molecule has 0 bridgehead atoms. The number of nitriles is 1. The highest BCUT2D eigenvalue weighted by molar-refractivity contribution is 7.93. The Balaban J connectivity index is 1.70. The van der Waals surface area contributed by atoms with Crippen LogP contribution in [0.15, 0.2) is 52.2 Å². The number of nitrogens with two attached hydrogens (primary N) is 1. The molecule has 4 rings (SSSR count). The Morgan fingerprint density at radius 1 is 1.30 bits per heavy atom. The van der Waals surface area contributed by atoms with Crippen LogP contribution in [0.4, 0.5) is 24.7 Å². The fourth-order valence-electron chi connectivity index (χ4n) is 3.87. The van der Waals surface area contributed by atoms with Crippen LogP contribution >= 0.6 is 0 Å². The Labute approximate surface area is 211 Å². The minimum Gasteiger partial charge on any atom is -0.337 e. The summed E-state index contributed by atoms with van der Waals surface area (Å²) in [5.74, 6) is 0.309. The number of alkyl halides is 3. The molecule has 0 aliphatic carbocycles. The van der Waals surface area contributed by atoms with Gasteiger partial charge in [0.15, 0.2) is 17.2 Å². The molecule has 3 N–H and O–H groups in total. The van der Waals surface area contributed by atoms with E-state index in [1.54, 1.807) is 30.5 Å². The number of aromatic nitrogens is 5. The van der Waals surface area contributed by atoms with E-state index in [0.717, 1.165) is 10.2 Å². The van der Waals surface area contributed by atoms with Crippen LogP contribution in [0.3, 0.4) is 0 Å². The standard InChI is InChI=1S/C23H24F3N9OS/c1-15-12-16(4-5-19(15)37(2,36)31-8-3-6-27)32-21-22-30-13-18(35(22)11-9-29-21)17-14-34(10-7-28)33-20(17)23(24,25)26/h4-5,9,11-14H,3,6,8,10,27H2,1-2H3,(H,29,32). The molecule has 1 unspecified atom stereocenters. The average molecular weight is 532 g/mol. The van der Waals surface area contributed by atoms with Crippen LogP contribution in [0, 0.1) is 18.3 Å². The van der Waals surface area contributed by atoms with E-state index >= 15 is 0 Å². The summed E-state index contributed by atoms with van der Waals surface area (Å²) < 4.78 is 60.7. The highest BCUT2D eigenvalue weighted by Gasteiger charge is 2.38. The van der Waals surface area contributed by atoms with Crippen LogP contribution in [-0.4, -0.2) is 47.7 Å². The summed E-state index contributed by atoms with van der Waals surface area (Å²) in [6.45, 7) is 2.37. The molecule has 1 atom stereocenters. The summed E-state index contributed by atoms with van der Waals surface area (Å²) in [6, 6.07) is 7.03. The summed E-state index contributed by atoms with van der Waals surface area (Å²) in [6.07, 6.45) is 2.91. The molecule has 0 saturated heterocycles. The molecular weight excluding hydrogens is 507 g/mol. The van der Waals surface area contributed by atoms with E-state index in [9.17, 15) is 17.4 Å². The van der Waals surface area contributed by atoms with Crippen molar-refractivity contribution in [2.75, 3.05) is 24.7 Å². The van der Waals surface area contributed by atoms with Gasteiger partial charge in [0, 0.05) is 37.1 Å². The number of nitrogens with one attached hydrogen (secondary N) is 1. The molecule has 194 valence electrons. The lowest BCUT2D eigenvalue weighted by molar-refractivity contribution is -0.141. The van der Waals surface area contributed by atoms with Crippen molar-refractivity contribution in [3.63, 3.8) is 0 Å². The van der Waals surface area contributed by atoms with E-state index in [0.29, 0.717) is 35.9 Å². The van der Waals surface area contributed by atoms with Crippen LogP contribution in [-0.2, 0) is 22.5 Å². The zero-order chi connectivity index (χ0) is 26.8. The topological polar surface area (TPSA) is 139 Å². The summed E-state index contributed by atoms with van der Waals surface area (Å²) in [5, 5.41) is 15.6. The molecule has 0 amide bonds. The van der Waals surface area contributed by atoms with Gasteiger partial charge in [-0.1, -0.05) is 0 Å². The van der Waals surface area contributed by atoms with Gasteiger partial charge in [-0.2, -0.15) is 23.5 Å². The third-order valence-corrected chi connectivity index (χ3v) is 7.46. The number of benzene rings is 1. The van der Waals surface area contributed by atoms with Crippen molar-refractivity contribution in [3.8, 4) is 17.3 Å². The first-order valence-electron chi connectivity index (χ1n) is 11.1. The number of aryl methyl sites for hydroxylation is 1. The van der Waals surface area contributed by atoms with E-state index in [1.807, 2.05) is 6.92 Å². The first kappa shape index (κ1) is 26.1. The maximum absolute atomic E-state index is 13.7. The molecule has 3 heterocycles. The molecule has 0 radical (unpaired) electrons. The van der Waals surface area contributed by atoms with Crippen LogP contribution in [0.2, 0.25) is 0 Å². The fourth-order valence-corrected chi connectivity index (χ4v) is 5.46. The molecule has 0 spiro atoms. The number of hydrogen-bond donors (Lipinski definition) is 2. The zero-order valence-electron chi connectivity index (χ0n) is 20.0. The number of imidazole rings is 1. The van der Waals surface area contributed by atoms with Crippen molar-refractivity contribution in [3.05, 3.63) is 54.2 Å². The van der Waals surface area contributed by atoms with Crippen molar-refractivity contribution in [1.29, 1.82) is 5.26 Å². The lowest BCUT2D eigenvalue weighted by atomic mass is 10.2. The van der Waals surface area contributed by atoms with Gasteiger partial charge in [0.1, 0.15) is 6.54 Å². The van der Waals surface area contributed by atoms with E-state index in [1.165, 1.54) is 29.2 Å². The molecule has 0 saturated carbocycles. The van der Waals surface area contributed by atoms with E-state index in [2.05, 4.69) is 24.7 Å². The maximum atomic E-state index is 13.7.